The quantitative estimate of drug-likeness (QED) is 0.150. The summed E-state index contributed by atoms with van der Waals surface area (Å²) in [6.45, 7) is 8.80. The highest BCUT2D eigenvalue weighted by molar-refractivity contribution is 9.09. The summed E-state index contributed by atoms with van der Waals surface area (Å²) in [4.78, 5) is 45.0. The van der Waals surface area contributed by atoms with E-state index in [4.69, 9.17) is 4.74 Å². The Morgan fingerprint density at radius 3 is 2.66 bits per heavy atom. The van der Waals surface area contributed by atoms with Gasteiger partial charge in [-0.1, -0.05) is 58.4 Å². The molecule has 0 aliphatic carbocycles. The number of fused-ring (bicyclic) bond motifs is 1. The van der Waals surface area contributed by atoms with Crippen LogP contribution >= 0.6 is 27.7 Å². The van der Waals surface area contributed by atoms with Gasteiger partial charge in [0.2, 0.25) is 11.8 Å². The Balaban J connectivity index is 1.63. The van der Waals surface area contributed by atoms with Crippen molar-refractivity contribution in [3.05, 3.63) is 61.2 Å². The molecule has 3 unspecified atom stereocenters. The first-order valence-electron chi connectivity index (χ1n) is 13.3. The van der Waals surface area contributed by atoms with Crippen LogP contribution in [-0.2, 0) is 25.7 Å². The lowest BCUT2D eigenvalue weighted by Crippen LogP contribution is -2.55. The van der Waals surface area contributed by atoms with Crippen LogP contribution in [0.25, 0.3) is 0 Å². The van der Waals surface area contributed by atoms with Crippen molar-refractivity contribution in [3.63, 3.8) is 0 Å². The highest BCUT2D eigenvalue weighted by Crippen LogP contribution is 2.68. The highest BCUT2D eigenvalue weighted by Gasteiger charge is 2.76. The standard InChI is InChI=1S/C29H37BrN2O5S/c1-3-5-6-10-17-37-28(36)22-23-26(34)32(15-11-16-33)25(29(23)18-21(30)24(22)38-29)27(35)31(14-4-2)19-20-12-8-7-9-13-20/h3-4,7-9,12-13,21-25,33H,1-2,5-6,10-11,14-19H2/t21?,22-,23-,24-,25?,29?/m0/s1. The number of amides is 2. The van der Waals surface area contributed by atoms with Crippen LogP contribution < -0.4 is 0 Å². The molecule has 0 aromatic heterocycles. The number of benzene rings is 1. The maximum absolute atomic E-state index is 14.3. The van der Waals surface area contributed by atoms with E-state index in [-0.39, 0.29) is 41.0 Å². The van der Waals surface area contributed by atoms with E-state index >= 15 is 0 Å². The van der Waals surface area contributed by atoms with Crippen molar-refractivity contribution in [3.8, 4) is 0 Å². The average Bonchev–Trinajstić information content (AvgIpc) is 3.50. The number of hydrogen-bond acceptors (Lipinski definition) is 6. The Kier molecular flexibility index (Phi) is 9.76. The molecule has 38 heavy (non-hydrogen) atoms. The SMILES string of the molecule is C=CCCCCOC(=O)[C@H]1[C@H]2C(=O)N(CCCO)C(C(=O)N(CC=C)Cc3ccccc3)C23CC(Br)[C@@H]1S3. The monoisotopic (exact) mass is 604 g/mol. The second-order valence-electron chi connectivity index (χ2n) is 10.2. The fraction of sp³-hybridized carbons (Fsp3) is 0.552. The number of rotatable bonds is 14. The van der Waals surface area contributed by atoms with Crippen LogP contribution in [0.5, 0.6) is 0 Å². The summed E-state index contributed by atoms with van der Waals surface area (Å²) in [7, 11) is 0. The van der Waals surface area contributed by atoms with Gasteiger partial charge in [-0.2, -0.15) is 0 Å². The lowest BCUT2D eigenvalue weighted by molar-refractivity contribution is -0.154. The number of hydrogen-bond donors (Lipinski definition) is 1. The van der Waals surface area contributed by atoms with Gasteiger partial charge >= 0.3 is 5.97 Å². The normalized spacial score (nSPS) is 29.3. The minimum Gasteiger partial charge on any atom is -0.465 e. The largest absolute Gasteiger partial charge is 0.465 e. The molecule has 6 atom stereocenters. The van der Waals surface area contributed by atoms with Gasteiger partial charge in [-0.3, -0.25) is 14.4 Å². The highest BCUT2D eigenvalue weighted by atomic mass is 79.9. The van der Waals surface area contributed by atoms with Crippen molar-refractivity contribution in [2.45, 2.75) is 59.5 Å². The van der Waals surface area contributed by atoms with E-state index in [1.807, 2.05) is 36.4 Å². The topological polar surface area (TPSA) is 87.1 Å². The first kappa shape index (κ1) is 28.9. The lowest BCUT2D eigenvalue weighted by atomic mass is 9.71. The molecule has 1 aromatic carbocycles. The Bertz CT molecular complexity index is 1040. The summed E-state index contributed by atoms with van der Waals surface area (Å²) in [6, 6.07) is 9.02. The fourth-order valence-electron chi connectivity index (χ4n) is 6.18. The first-order valence-corrected chi connectivity index (χ1v) is 15.1. The van der Waals surface area contributed by atoms with E-state index < -0.39 is 22.6 Å². The molecule has 0 radical (unpaired) electrons. The molecule has 3 fully saturated rings. The van der Waals surface area contributed by atoms with Crippen LogP contribution in [-0.4, -0.2) is 79.9 Å². The first-order chi connectivity index (χ1) is 18.4. The van der Waals surface area contributed by atoms with Gasteiger partial charge in [-0.05, 0) is 37.7 Å². The number of carbonyl (C=O) groups is 3. The molecular weight excluding hydrogens is 568 g/mol. The van der Waals surface area contributed by atoms with Gasteiger partial charge in [0, 0.05) is 36.3 Å². The van der Waals surface area contributed by atoms with Gasteiger partial charge in [0.05, 0.1) is 23.2 Å². The average molecular weight is 606 g/mol. The number of ether oxygens (including phenoxy) is 1. The Labute approximate surface area is 237 Å². The van der Waals surface area contributed by atoms with Crippen LogP contribution in [0.1, 0.15) is 37.7 Å². The summed E-state index contributed by atoms with van der Waals surface area (Å²) >= 11 is 5.38. The van der Waals surface area contributed by atoms with Crippen molar-refractivity contribution >= 4 is 45.5 Å². The molecule has 2 amide bonds. The van der Waals surface area contributed by atoms with Gasteiger partial charge in [-0.15, -0.1) is 24.9 Å². The van der Waals surface area contributed by atoms with E-state index in [1.54, 1.807) is 27.6 Å². The van der Waals surface area contributed by atoms with Crippen LogP contribution in [0, 0.1) is 11.8 Å². The predicted molar refractivity (Wildman–Crippen MR) is 153 cm³/mol. The molecule has 3 aliphatic rings. The zero-order valence-corrected chi connectivity index (χ0v) is 24.1. The molecule has 1 aromatic rings. The van der Waals surface area contributed by atoms with E-state index in [1.165, 1.54) is 0 Å². The zero-order chi connectivity index (χ0) is 27.3. The number of likely N-dealkylation sites (tertiary alicyclic amines) is 1. The van der Waals surface area contributed by atoms with E-state index in [0.29, 0.717) is 32.5 Å². The number of thioether (sulfide) groups is 1. The Morgan fingerprint density at radius 2 is 1.97 bits per heavy atom. The van der Waals surface area contributed by atoms with E-state index in [9.17, 15) is 19.5 Å². The number of halogens is 1. The second-order valence-corrected chi connectivity index (χ2v) is 12.9. The van der Waals surface area contributed by atoms with Crippen LogP contribution in [0.2, 0.25) is 0 Å². The number of aliphatic hydroxyl groups is 1. The van der Waals surface area contributed by atoms with E-state index in [0.717, 1.165) is 24.8 Å². The molecule has 0 saturated carbocycles. The minimum atomic E-state index is -0.731. The lowest BCUT2D eigenvalue weighted by Gasteiger charge is -2.37. The molecule has 9 heteroatoms. The van der Waals surface area contributed by atoms with Gasteiger partial charge < -0.3 is 19.6 Å². The Morgan fingerprint density at radius 1 is 1.21 bits per heavy atom. The summed E-state index contributed by atoms with van der Waals surface area (Å²) in [5, 5.41) is 9.42. The Hall–Kier alpha value is -2.10. The molecule has 3 saturated heterocycles. The molecule has 206 valence electrons. The van der Waals surface area contributed by atoms with Crippen molar-refractivity contribution < 1.29 is 24.2 Å². The third-order valence-corrected chi connectivity index (χ3v) is 11.0. The van der Waals surface area contributed by atoms with Crippen molar-refractivity contribution in [1.29, 1.82) is 0 Å². The molecule has 4 rings (SSSR count). The molecule has 2 bridgehead atoms. The summed E-state index contributed by atoms with van der Waals surface area (Å²) in [5.74, 6) is -1.91. The number of unbranched alkanes of at least 4 members (excludes halogenated alkanes) is 2. The van der Waals surface area contributed by atoms with Crippen molar-refractivity contribution in [1.82, 2.24) is 9.80 Å². The van der Waals surface area contributed by atoms with Gasteiger partial charge in [-0.25, -0.2) is 0 Å². The molecule has 3 aliphatic heterocycles. The van der Waals surface area contributed by atoms with Crippen molar-refractivity contribution in [2.24, 2.45) is 11.8 Å². The number of carbonyl (C=O) groups excluding carboxylic acids is 3. The zero-order valence-electron chi connectivity index (χ0n) is 21.7. The van der Waals surface area contributed by atoms with Crippen LogP contribution in [0.15, 0.2) is 55.6 Å². The van der Waals surface area contributed by atoms with Gasteiger partial charge in [0.1, 0.15) is 6.04 Å². The maximum atomic E-state index is 14.3. The maximum Gasteiger partial charge on any atom is 0.310 e. The summed E-state index contributed by atoms with van der Waals surface area (Å²) in [6.07, 6.45) is 7.01. The molecule has 3 heterocycles. The summed E-state index contributed by atoms with van der Waals surface area (Å²) in [5.41, 5.74) is 0.989. The number of nitrogens with zero attached hydrogens (tertiary/aromatic N) is 2. The third kappa shape index (κ3) is 5.47. The number of aliphatic hydroxyl groups excluding tert-OH is 1. The minimum absolute atomic E-state index is 0.00932. The van der Waals surface area contributed by atoms with Gasteiger partial charge in [0.25, 0.3) is 0 Å². The number of allylic oxidation sites excluding steroid dienone is 1. The smallest absolute Gasteiger partial charge is 0.310 e. The number of alkyl halides is 1. The third-order valence-electron chi connectivity index (χ3n) is 7.78. The molecular formula is C29H37BrN2O5S. The predicted octanol–water partition coefficient (Wildman–Crippen LogP) is 3.95. The van der Waals surface area contributed by atoms with Crippen LogP contribution in [0.4, 0.5) is 0 Å². The molecule has 1 spiro atoms. The van der Waals surface area contributed by atoms with E-state index in [2.05, 4.69) is 29.1 Å². The van der Waals surface area contributed by atoms with Crippen LogP contribution in [0.3, 0.4) is 0 Å². The van der Waals surface area contributed by atoms with Gasteiger partial charge in [0.15, 0.2) is 0 Å². The van der Waals surface area contributed by atoms with Crippen molar-refractivity contribution in [2.75, 3.05) is 26.3 Å². The molecule has 1 N–H and O–H groups in total. The second kappa shape index (κ2) is 12.8. The fourth-order valence-corrected chi connectivity index (χ4v) is 9.78. The number of esters is 1. The molecule has 7 nitrogen and oxygen atoms in total. The summed E-state index contributed by atoms with van der Waals surface area (Å²) < 4.78 is 4.95.